The Morgan fingerprint density at radius 3 is 1.13 bits per heavy atom. The van der Waals surface area contributed by atoms with Crippen LogP contribution in [0.2, 0.25) is 0 Å². The van der Waals surface area contributed by atoms with Gasteiger partial charge in [0.25, 0.3) is 0 Å². The summed E-state index contributed by atoms with van der Waals surface area (Å²) in [6.07, 6.45) is 74.9. The molecule has 10 heteroatoms. The van der Waals surface area contributed by atoms with E-state index in [1.165, 1.54) is 38.5 Å². The van der Waals surface area contributed by atoms with Gasteiger partial charge in [0.2, 0.25) is 0 Å². The standard InChI is InChI=1S/C59H96NO8P/c1-3-5-7-9-11-13-15-17-19-21-23-25-27-28-30-32-34-36-38-40-42-44-46-48-50-52-59(62)68-57(56-67-69(63,64)66-54-53-60)55-65-58(61)51-49-47-45-43-41-39-37-35-33-31-29-26-24-22-20-18-16-14-12-10-8-6-4-2/h5-8,11-14,17-20,23-26,28,30,34,36,40,42,57H,3-4,9-10,15-16,21-22,27,29,31-33,35,37-39,41,43-56,60H2,1-2H3,(H,63,64)/b7-5-,8-6-,13-11-,14-12-,19-17-,20-18-,25-23-,26-24-,30-28-,36-34-,42-40-. The number of rotatable bonds is 48. The van der Waals surface area contributed by atoms with Gasteiger partial charge in [-0.25, -0.2) is 4.57 Å². The topological polar surface area (TPSA) is 134 Å². The van der Waals surface area contributed by atoms with E-state index in [9.17, 15) is 19.0 Å². The minimum Gasteiger partial charge on any atom is -0.462 e. The molecular weight excluding hydrogens is 882 g/mol. The van der Waals surface area contributed by atoms with Crippen molar-refractivity contribution in [2.24, 2.45) is 5.73 Å². The molecule has 69 heavy (non-hydrogen) atoms. The Morgan fingerprint density at radius 2 is 0.754 bits per heavy atom. The van der Waals surface area contributed by atoms with Crippen molar-refractivity contribution in [1.82, 2.24) is 0 Å². The molecule has 9 nitrogen and oxygen atoms in total. The largest absolute Gasteiger partial charge is 0.472 e. The first-order chi connectivity index (χ1) is 33.8. The van der Waals surface area contributed by atoms with Gasteiger partial charge in [-0.05, 0) is 109 Å². The normalized spacial score (nSPS) is 14.2. The van der Waals surface area contributed by atoms with Gasteiger partial charge < -0.3 is 20.1 Å². The third kappa shape index (κ3) is 53.4. The Kier molecular flexibility index (Phi) is 50.5. The summed E-state index contributed by atoms with van der Waals surface area (Å²) in [5.41, 5.74) is 5.37. The maximum Gasteiger partial charge on any atom is 0.472 e. The summed E-state index contributed by atoms with van der Waals surface area (Å²) in [5.74, 6) is -0.882. The van der Waals surface area contributed by atoms with Crippen molar-refractivity contribution in [3.63, 3.8) is 0 Å². The van der Waals surface area contributed by atoms with Crippen LogP contribution in [0.1, 0.15) is 194 Å². The Labute approximate surface area is 421 Å². The Balaban J connectivity index is 4.15. The van der Waals surface area contributed by atoms with Crippen molar-refractivity contribution in [2.75, 3.05) is 26.4 Å². The van der Waals surface area contributed by atoms with Gasteiger partial charge in [0.15, 0.2) is 6.10 Å². The molecule has 3 N–H and O–H groups in total. The van der Waals surface area contributed by atoms with Crippen LogP contribution in [0.25, 0.3) is 0 Å². The molecular formula is C59H96NO8P. The number of unbranched alkanes of at least 4 members (excludes halogenated alkanes) is 13. The van der Waals surface area contributed by atoms with Crippen LogP contribution in [-0.4, -0.2) is 49.3 Å². The van der Waals surface area contributed by atoms with E-state index in [0.717, 1.165) is 116 Å². The quantitative estimate of drug-likeness (QED) is 0.0264. The van der Waals surface area contributed by atoms with Gasteiger partial charge in [-0.15, -0.1) is 0 Å². The molecule has 2 unspecified atom stereocenters. The van der Waals surface area contributed by atoms with Crippen LogP contribution in [0.3, 0.4) is 0 Å². The van der Waals surface area contributed by atoms with Crippen LogP contribution in [0, 0.1) is 0 Å². The van der Waals surface area contributed by atoms with Crippen molar-refractivity contribution in [1.29, 1.82) is 0 Å². The number of carbonyl (C=O) groups is 2. The predicted octanol–water partition coefficient (Wildman–Crippen LogP) is 16.6. The summed E-state index contributed by atoms with van der Waals surface area (Å²) in [7, 11) is -4.41. The third-order valence-corrected chi connectivity index (χ3v) is 11.5. The fraction of sp³-hybridized carbons (Fsp3) is 0.593. The van der Waals surface area contributed by atoms with E-state index in [1.54, 1.807) is 0 Å². The first-order valence-corrected chi connectivity index (χ1v) is 28.2. The van der Waals surface area contributed by atoms with E-state index in [4.69, 9.17) is 24.3 Å². The molecule has 0 saturated heterocycles. The average molecular weight is 978 g/mol. The zero-order valence-corrected chi connectivity index (χ0v) is 44.1. The maximum atomic E-state index is 12.7. The molecule has 0 aliphatic carbocycles. The molecule has 0 radical (unpaired) electrons. The van der Waals surface area contributed by atoms with E-state index < -0.39 is 32.5 Å². The minimum atomic E-state index is -4.41. The molecule has 0 spiro atoms. The van der Waals surface area contributed by atoms with Gasteiger partial charge in [-0.1, -0.05) is 205 Å². The summed E-state index contributed by atoms with van der Waals surface area (Å²) in [6, 6.07) is 0. The van der Waals surface area contributed by atoms with E-state index in [1.807, 2.05) is 0 Å². The van der Waals surface area contributed by atoms with Gasteiger partial charge in [0, 0.05) is 19.4 Å². The number of carbonyl (C=O) groups excluding carboxylic acids is 2. The molecule has 0 bridgehead atoms. The lowest BCUT2D eigenvalue weighted by Gasteiger charge is -2.19. The molecule has 390 valence electrons. The van der Waals surface area contributed by atoms with E-state index in [-0.39, 0.29) is 32.6 Å². The van der Waals surface area contributed by atoms with Gasteiger partial charge >= 0.3 is 19.8 Å². The molecule has 0 fully saturated rings. The van der Waals surface area contributed by atoms with E-state index in [2.05, 4.69) is 148 Å². The lowest BCUT2D eigenvalue weighted by Crippen LogP contribution is -2.29. The van der Waals surface area contributed by atoms with Crippen molar-refractivity contribution < 1.29 is 37.6 Å². The monoisotopic (exact) mass is 978 g/mol. The molecule has 0 amide bonds. The zero-order valence-electron chi connectivity index (χ0n) is 43.2. The fourth-order valence-electron chi connectivity index (χ4n) is 6.66. The van der Waals surface area contributed by atoms with Crippen molar-refractivity contribution in [3.8, 4) is 0 Å². The smallest absolute Gasteiger partial charge is 0.462 e. The molecule has 0 rings (SSSR count). The molecule has 0 aliphatic rings. The highest BCUT2D eigenvalue weighted by molar-refractivity contribution is 7.47. The minimum absolute atomic E-state index is 0.0391. The van der Waals surface area contributed by atoms with Crippen molar-refractivity contribution in [3.05, 3.63) is 134 Å². The summed E-state index contributed by atoms with van der Waals surface area (Å²) in [5, 5.41) is 0. The SMILES string of the molecule is CC/C=C\C/C=C\C/C=C\C/C=C\C/C=C\C/C=C\C/C=C\CCCCCC(=O)OC(COC(=O)CCCCCCCCCCCC/C=C\C/C=C\C/C=C\C/C=C\CC)COP(=O)(O)OCCN. The van der Waals surface area contributed by atoms with Gasteiger partial charge in [0.1, 0.15) is 6.61 Å². The number of hydrogen-bond donors (Lipinski definition) is 2. The van der Waals surface area contributed by atoms with Crippen LogP contribution in [-0.2, 0) is 32.7 Å². The summed E-state index contributed by atoms with van der Waals surface area (Å²) < 4.78 is 32.9. The summed E-state index contributed by atoms with van der Waals surface area (Å²) in [4.78, 5) is 35.1. The molecule has 0 saturated carbocycles. The highest BCUT2D eigenvalue weighted by Crippen LogP contribution is 2.43. The predicted molar refractivity (Wildman–Crippen MR) is 293 cm³/mol. The lowest BCUT2D eigenvalue weighted by atomic mass is 10.1. The number of phosphoric acid groups is 1. The van der Waals surface area contributed by atoms with E-state index in [0.29, 0.717) is 12.8 Å². The highest BCUT2D eigenvalue weighted by atomic mass is 31.2. The molecule has 0 aromatic carbocycles. The molecule has 2 atom stereocenters. The van der Waals surface area contributed by atoms with Crippen LogP contribution in [0.15, 0.2) is 134 Å². The maximum absolute atomic E-state index is 12.7. The lowest BCUT2D eigenvalue weighted by molar-refractivity contribution is -0.161. The third-order valence-electron chi connectivity index (χ3n) is 10.5. The van der Waals surface area contributed by atoms with E-state index >= 15 is 0 Å². The number of allylic oxidation sites excluding steroid dienone is 22. The van der Waals surface area contributed by atoms with Gasteiger partial charge in [-0.3, -0.25) is 18.6 Å². The number of esters is 2. The molecule has 0 aliphatic heterocycles. The Hall–Kier alpha value is -3.85. The van der Waals surface area contributed by atoms with Crippen molar-refractivity contribution >= 4 is 19.8 Å². The average Bonchev–Trinajstić information content (AvgIpc) is 3.34. The Morgan fingerprint density at radius 1 is 0.435 bits per heavy atom. The summed E-state index contributed by atoms with van der Waals surface area (Å²) in [6.45, 7) is 3.45. The number of nitrogens with two attached hydrogens (primary N) is 1. The Bertz CT molecular complexity index is 1580. The second-order valence-electron chi connectivity index (χ2n) is 17.0. The van der Waals surface area contributed by atoms with Crippen LogP contribution in [0.5, 0.6) is 0 Å². The molecule has 0 aromatic heterocycles. The molecule has 0 aromatic rings. The molecule has 0 heterocycles. The number of hydrogen-bond acceptors (Lipinski definition) is 8. The second kappa shape index (κ2) is 53.5. The first-order valence-electron chi connectivity index (χ1n) is 26.7. The van der Waals surface area contributed by atoms with Crippen LogP contribution < -0.4 is 5.73 Å². The highest BCUT2D eigenvalue weighted by Gasteiger charge is 2.26. The first kappa shape index (κ1) is 65.1. The number of phosphoric ester groups is 1. The summed E-state index contributed by atoms with van der Waals surface area (Å²) >= 11 is 0. The van der Waals surface area contributed by atoms with Gasteiger partial charge in [-0.2, -0.15) is 0 Å². The van der Waals surface area contributed by atoms with Crippen LogP contribution >= 0.6 is 7.82 Å². The van der Waals surface area contributed by atoms with Crippen LogP contribution in [0.4, 0.5) is 0 Å². The van der Waals surface area contributed by atoms with Crippen molar-refractivity contribution in [2.45, 2.75) is 200 Å². The van der Waals surface area contributed by atoms with Gasteiger partial charge in [0.05, 0.1) is 13.2 Å². The zero-order chi connectivity index (χ0) is 50.2. The number of ether oxygens (including phenoxy) is 2. The fourth-order valence-corrected chi connectivity index (χ4v) is 7.43. The second-order valence-corrected chi connectivity index (χ2v) is 18.4.